The molecule has 7 heteroatoms. The Morgan fingerprint density at radius 1 is 0.829 bits per heavy atom. The van der Waals surface area contributed by atoms with Crippen molar-refractivity contribution in [1.82, 2.24) is 0 Å². The molecule has 1 unspecified atom stereocenters. The summed E-state index contributed by atoms with van der Waals surface area (Å²) in [7, 11) is 1.56. The predicted molar refractivity (Wildman–Crippen MR) is 143 cm³/mol. The summed E-state index contributed by atoms with van der Waals surface area (Å²) in [5.74, 6) is 0.166. The number of carbonyl (C=O) groups excluding carboxylic acids is 2. The molecular formula is C28H23ClN2O3S. The molecule has 0 heterocycles. The number of amides is 2. The zero-order valence-corrected chi connectivity index (χ0v) is 20.5. The summed E-state index contributed by atoms with van der Waals surface area (Å²) in [4.78, 5) is 26.9. The van der Waals surface area contributed by atoms with E-state index in [9.17, 15) is 9.59 Å². The van der Waals surface area contributed by atoms with E-state index in [1.165, 1.54) is 11.8 Å². The Morgan fingerprint density at radius 2 is 1.57 bits per heavy atom. The number of hydrogen-bond donors (Lipinski definition) is 2. The van der Waals surface area contributed by atoms with Crippen LogP contribution in [0.25, 0.3) is 0 Å². The van der Waals surface area contributed by atoms with Gasteiger partial charge in [-0.1, -0.05) is 66.2 Å². The normalized spacial score (nSPS) is 11.4. The van der Waals surface area contributed by atoms with Crippen molar-refractivity contribution in [2.75, 3.05) is 17.7 Å². The number of benzene rings is 4. The molecule has 1 atom stereocenters. The molecule has 0 aromatic heterocycles. The van der Waals surface area contributed by atoms with Gasteiger partial charge in [0.15, 0.2) is 0 Å². The summed E-state index contributed by atoms with van der Waals surface area (Å²) in [5, 5.41) is 5.79. The first-order valence-corrected chi connectivity index (χ1v) is 12.1. The van der Waals surface area contributed by atoms with E-state index in [2.05, 4.69) is 10.6 Å². The number of halogens is 1. The summed E-state index contributed by atoms with van der Waals surface area (Å²) < 4.78 is 5.20. The number of hydrogen-bond acceptors (Lipinski definition) is 4. The van der Waals surface area contributed by atoms with Crippen LogP contribution in [0.5, 0.6) is 5.75 Å². The van der Waals surface area contributed by atoms with Crippen LogP contribution in [0.3, 0.4) is 0 Å². The van der Waals surface area contributed by atoms with E-state index in [1.54, 1.807) is 43.5 Å². The van der Waals surface area contributed by atoms with E-state index in [0.29, 0.717) is 27.7 Å². The third kappa shape index (κ3) is 6.44. The van der Waals surface area contributed by atoms with Gasteiger partial charge >= 0.3 is 0 Å². The van der Waals surface area contributed by atoms with Gasteiger partial charge in [0.25, 0.3) is 5.91 Å². The van der Waals surface area contributed by atoms with Gasteiger partial charge < -0.3 is 15.4 Å². The number of rotatable bonds is 8. The van der Waals surface area contributed by atoms with Gasteiger partial charge in [-0.3, -0.25) is 9.59 Å². The fourth-order valence-corrected chi connectivity index (χ4v) is 4.68. The summed E-state index contributed by atoms with van der Waals surface area (Å²) in [6, 6.07) is 31.0. The Hall–Kier alpha value is -3.74. The van der Waals surface area contributed by atoms with E-state index in [0.717, 1.165) is 10.5 Å². The Kier molecular flexibility index (Phi) is 8.08. The molecule has 4 rings (SSSR count). The second-order valence-electron chi connectivity index (χ2n) is 7.59. The Labute approximate surface area is 213 Å². The van der Waals surface area contributed by atoms with Gasteiger partial charge in [-0.2, -0.15) is 0 Å². The lowest BCUT2D eigenvalue weighted by atomic mass is 10.1. The number of nitrogens with one attached hydrogen (secondary N) is 2. The zero-order chi connectivity index (χ0) is 24.6. The van der Waals surface area contributed by atoms with Crippen molar-refractivity contribution in [3.05, 3.63) is 119 Å². The molecule has 35 heavy (non-hydrogen) atoms. The van der Waals surface area contributed by atoms with Crippen LogP contribution >= 0.6 is 23.4 Å². The van der Waals surface area contributed by atoms with Crippen LogP contribution in [0.2, 0.25) is 5.02 Å². The molecule has 0 bridgehead atoms. The summed E-state index contributed by atoms with van der Waals surface area (Å²) in [5.41, 5.74) is 2.53. The smallest absolute Gasteiger partial charge is 0.255 e. The largest absolute Gasteiger partial charge is 0.497 e. The fraction of sp³-hybridized carbons (Fsp3) is 0.0714. The summed E-state index contributed by atoms with van der Waals surface area (Å²) in [6.07, 6.45) is 0. The highest BCUT2D eigenvalue weighted by Gasteiger charge is 2.23. The molecule has 2 amide bonds. The molecule has 2 N–H and O–H groups in total. The number of para-hydroxylation sites is 1. The van der Waals surface area contributed by atoms with Gasteiger partial charge in [-0.25, -0.2) is 0 Å². The van der Waals surface area contributed by atoms with Gasteiger partial charge in [0, 0.05) is 16.1 Å². The van der Waals surface area contributed by atoms with Crippen molar-refractivity contribution in [2.45, 2.75) is 10.1 Å². The highest BCUT2D eigenvalue weighted by Crippen LogP contribution is 2.37. The first-order valence-electron chi connectivity index (χ1n) is 10.9. The molecule has 4 aromatic rings. The van der Waals surface area contributed by atoms with Gasteiger partial charge in [0.1, 0.15) is 11.0 Å². The molecule has 176 valence electrons. The number of thioether (sulfide) groups is 1. The first-order chi connectivity index (χ1) is 17.0. The van der Waals surface area contributed by atoms with Crippen LogP contribution < -0.4 is 15.4 Å². The van der Waals surface area contributed by atoms with Crippen LogP contribution in [0.1, 0.15) is 21.2 Å². The molecule has 4 aromatic carbocycles. The molecule has 0 saturated heterocycles. The minimum atomic E-state index is -0.531. The predicted octanol–water partition coefficient (Wildman–Crippen LogP) is 7.07. The maximum Gasteiger partial charge on any atom is 0.255 e. The van der Waals surface area contributed by atoms with Crippen molar-refractivity contribution in [3.8, 4) is 5.75 Å². The van der Waals surface area contributed by atoms with E-state index in [4.69, 9.17) is 16.3 Å². The molecule has 5 nitrogen and oxygen atoms in total. The number of carbonyl (C=O) groups is 2. The van der Waals surface area contributed by atoms with Gasteiger partial charge in [0.05, 0.1) is 17.8 Å². The van der Waals surface area contributed by atoms with E-state index in [-0.39, 0.29) is 11.8 Å². The summed E-state index contributed by atoms with van der Waals surface area (Å²) >= 11 is 7.64. The molecular weight excluding hydrogens is 480 g/mol. The minimum Gasteiger partial charge on any atom is -0.497 e. The van der Waals surface area contributed by atoms with Crippen LogP contribution in [-0.2, 0) is 4.79 Å². The van der Waals surface area contributed by atoms with Gasteiger partial charge in [-0.15, -0.1) is 11.8 Å². The highest BCUT2D eigenvalue weighted by atomic mass is 35.5. The molecule has 0 radical (unpaired) electrons. The number of anilines is 2. The van der Waals surface area contributed by atoms with Crippen molar-refractivity contribution < 1.29 is 14.3 Å². The highest BCUT2D eigenvalue weighted by molar-refractivity contribution is 8.00. The molecule has 0 aliphatic rings. The first kappa shape index (κ1) is 24.4. The van der Waals surface area contributed by atoms with Crippen LogP contribution in [0, 0.1) is 0 Å². The minimum absolute atomic E-state index is 0.194. The monoisotopic (exact) mass is 502 g/mol. The second kappa shape index (κ2) is 11.6. The standard InChI is InChI=1S/C28H23ClN2O3S/c1-34-22-13-7-11-20(17-22)27(32)30-21-12-8-14-23(18-21)35-26(19-9-3-2-4-10-19)28(33)31-25-16-6-5-15-24(25)29/h2-18,26H,1H3,(H,30,32)(H,31,33). The lowest BCUT2D eigenvalue weighted by Gasteiger charge is -2.18. The van der Waals surface area contributed by atoms with Crippen LogP contribution in [0.15, 0.2) is 108 Å². The fourth-order valence-electron chi connectivity index (χ4n) is 3.41. The average molecular weight is 503 g/mol. The van der Waals surface area contributed by atoms with Gasteiger partial charge in [-0.05, 0) is 54.1 Å². The van der Waals surface area contributed by atoms with Gasteiger partial charge in [0.2, 0.25) is 5.91 Å². The Morgan fingerprint density at radius 3 is 2.34 bits per heavy atom. The van der Waals surface area contributed by atoms with E-state index in [1.807, 2.05) is 66.7 Å². The van der Waals surface area contributed by atoms with Crippen molar-refractivity contribution in [3.63, 3.8) is 0 Å². The zero-order valence-electron chi connectivity index (χ0n) is 18.9. The quantitative estimate of drug-likeness (QED) is 0.253. The third-order valence-corrected chi connectivity index (χ3v) is 6.73. The number of methoxy groups -OCH3 is 1. The lowest BCUT2D eigenvalue weighted by molar-refractivity contribution is -0.115. The molecule has 0 aliphatic carbocycles. The Bertz CT molecular complexity index is 1330. The lowest BCUT2D eigenvalue weighted by Crippen LogP contribution is -2.19. The van der Waals surface area contributed by atoms with E-state index >= 15 is 0 Å². The van der Waals surface area contributed by atoms with Crippen LogP contribution in [-0.4, -0.2) is 18.9 Å². The molecule has 0 fully saturated rings. The van der Waals surface area contributed by atoms with E-state index < -0.39 is 5.25 Å². The Balaban J connectivity index is 1.54. The number of ether oxygens (including phenoxy) is 1. The van der Waals surface area contributed by atoms with Crippen molar-refractivity contribution in [2.24, 2.45) is 0 Å². The topological polar surface area (TPSA) is 67.4 Å². The molecule has 0 spiro atoms. The molecule has 0 saturated carbocycles. The molecule has 0 aliphatic heterocycles. The van der Waals surface area contributed by atoms with Crippen molar-refractivity contribution in [1.29, 1.82) is 0 Å². The maximum absolute atomic E-state index is 13.3. The third-order valence-electron chi connectivity index (χ3n) is 5.15. The maximum atomic E-state index is 13.3. The summed E-state index contributed by atoms with van der Waals surface area (Å²) in [6.45, 7) is 0. The average Bonchev–Trinajstić information content (AvgIpc) is 2.89. The van der Waals surface area contributed by atoms with Crippen LogP contribution in [0.4, 0.5) is 11.4 Å². The SMILES string of the molecule is COc1cccc(C(=O)Nc2cccc(SC(C(=O)Nc3ccccc3Cl)c3ccccc3)c2)c1. The van der Waals surface area contributed by atoms with Crippen molar-refractivity contribution >= 4 is 46.6 Å². The second-order valence-corrected chi connectivity index (χ2v) is 9.18.